The summed E-state index contributed by atoms with van der Waals surface area (Å²) in [5.41, 5.74) is 8.28. The average molecular weight is 347 g/mol. The number of nitrogens with zero attached hydrogens (tertiary/aromatic N) is 3. The number of ether oxygens (including phenoxy) is 1. The van der Waals surface area contributed by atoms with Crippen LogP contribution in [0.3, 0.4) is 0 Å². The van der Waals surface area contributed by atoms with Crippen molar-refractivity contribution in [2.45, 2.75) is 32.4 Å². The molecule has 1 aliphatic rings. The Morgan fingerprint density at radius 1 is 1.32 bits per heavy atom. The van der Waals surface area contributed by atoms with Crippen LogP contribution in [0.4, 0.5) is 10.5 Å². The van der Waals surface area contributed by atoms with Gasteiger partial charge in [0.15, 0.2) is 5.96 Å². The lowest BCUT2D eigenvalue weighted by Gasteiger charge is -2.31. The zero-order valence-corrected chi connectivity index (χ0v) is 15.4. The van der Waals surface area contributed by atoms with Crippen molar-refractivity contribution < 1.29 is 9.53 Å². The highest BCUT2D eigenvalue weighted by atomic mass is 16.6. The van der Waals surface area contributed by atoms with E-state index in [-0.39, 0.29) is 12.1 Å². The van der Waals surface area contributed by atoms with Gasteiger partial charge in [-0.3, -0.25) is 0 Å². The van der Waals surface area contributed by atoms with Crippen molar-refractivity contribution in [2.24, 2.45) is 10.7 Å². The number of carbonyl (C=O) groups excluding carboxylic acids is 1. The van der Waals surface area contributed by atoms with Crippen molar-refractivity contribution >= 4 is 17.7 Å². The van der Waals surface area contributed by atoms with E-state index in [9.17, 15) is 4.79 Å². The first kappa shape index (κ1) is 18.9. The Morgan fingerprint density at radius 2 is 1.96 bits per heavy atom. The molecule has 0 aliphatic carbocycles. The van der Waals surface area contributed by atoms with Gasteiger partial charge in [0.05, 0.1) is 13.2 Å². The molecular weight excluding hydrogens is 318 g/mol. The molecule has 25 heavy (non-hydrogen) atoms. The fraction of sp³-hybridized carbons (Fsp3) is 0.556. The number of carbonyl (C=O) groups is 1. The van der Waals surface area contributed by atoms with E-state index in [4.69, 9.17) is 10.5 Å². The normalized spacial score (nSPS) is 15.8. The predicted octanol–water partition coefficient (Wildman–Crippen LogP) is 1.78. The lowest BCUT2D eigenvalue weighted by atomic mass is 10.1. The van der Waals surface area contributed by atoms with Crippen LogP contribution in [-0.4, -0.2) is 56.8 Å². The third-order valence-corrected chi connectivity index (χ3v) is 4.26. The summed E-state index contributed by atoms with van der Waals surface area (Å²) in [6.07, 6.45) is 1.45. The van der Waals surface area contributed by atoms with Crippen LogP contribution in [0, 0.1) is 0 Å². The van der Waals surface area contributed by atoms with Crippen molar-refractivity contribution in [2.75, 3.05) is 38.7 Å². The van der Waals surface area contributed by atoms with Gasteiger partial charge in [0.25, 0.3) is 0 Å². The maximum absolute atomic E-state index is 11.7. The van der Waals surface area contributed by atoms with Gasteiger partial charge < -0.3 is 25.6 Å². The van der Waals surface area contributed by atoms with E-state index in [0.717, 1.165) is 24.1 Å². The number of amides is 1. The molecule has 1 aliphatic heterocycles. The van der Waals surface area contributed by atoms with E-state index in [0.29, 0.717) is 32.2 Å². The highest BCUT2D eigenvalue weighted by Crippen LogP contribution is 2.13. The summed E-state index contributed by atoms with van der Waals surface area (Å²) < 4.78 is 5.02. The van der Waals surface area contributed by atoms with Crippen LogP contribution in [-0.2, 0) is 11.3 Å². The number of piperidine rings is 1. The molecule has 3 N–H and O–H groups in total. The molecule has 7 heteroatoms. The van der Waals surface area contributed by atoms with Gasteiger partial charge in [0.1, 0.15) is 0 Å². The van der Waals surface area contributed by atoms with Crippen LogP contribution in [0.2, 0.25) is 0 Å². The molecule has 0 spiro atoms. The second kappa shape index (κ2) is 9.15. The first-order valence-corrected chi connectivity index (χ1v) is 8.74. The second-order valence-electron chi connectivity index (χ2n) is 6.37. The molecule has 1 aromatic rings. The van der Waals surface area contributed by atoms with E-state index >= 15 is 0 Å². The average Bonchev–Trinajstić information content (AvgIpc) is 2.61. The third-order valence-electron chi connectivity index (χ3n) is 4.26. The largest absolute Gasteiger partial charge is 0.450 e. The van der Waals surface area contributed by atoms with Gasteiger partial charge in [-0.25, -0.2) is 9.79 Å². The first-order chi connectivity index (χ1) is 12.0. The van der Waals surface area contributed by atoms with Crippen molar-refractivity contribution in [1.82, 2.24) is 10.2 Å². The lowest BCUT2D eigenvalue weighted by molar-refractivity contribution is 0.0963. The molecule has 1 heterocycles. The zero-order chi connectivity index (χ0) is 18.2. The molecule has 7 nitrogen and oxygen atoms in total. The molecule has 0 bridgehead atoms. The van der Waals surface area contributed by atoms with Crippen molar-refractivity contribution in [3.05, 3.63) is 29.8 Å². The number of nitrogens with one attached hydrogen (secondary N) is 1. The molecule has 1 aromatic carbocycles. The maximum atomic E-state index is 11.7. The van der Waals surface area contributed by atoms with Gasteiger partial charge >= 0.3 is 6.09 Å². The van der Waals surface area contributed by atoms with Gasteiger partial charge in [-0.1, -0.05) is 12.1 Å². The van der Waals surface area contributed by atoms with Crippen LogP contribution in [0.5, 0.6) is 0 Å². The lowest BCUT2D eigenvalue weighted by Crippen LogP contribution is -2.48. The molecular formula is C18H29N5O2. The van der Waals surface area contributed by atoms with Gasteiger partial charge in [-0.05, 0) is 37.5 Å². The molecule has 2 rings (SSSR count). The minimum atomic E-state index is -0.233. The van der Waals surface area contributed by atoms with Crippen molar-refractivity contribution in [3.8, 4) is 0 Å². The Bertz CT molecular complexity index is 578. The molecule has 1 fully saturated rings. The Hall–Kier alpha value is -2.44. The quantitative estimate of drug-likeness (QED) is 0.627. The Morgan fingerprint density at radius 3 is 2.52 bits per heavy atom. The van der Waals surface area contributed by atoms with Crippen LogP contribution in [0.1, 0.15) is 25.3 Å². The molecule has 138 valence electrons. The Balaban J connectivity index is 1.77. The monoisotopic (exact) mass is 347 g/mol. The Labute approximate surface area is 149 Å². The van der Waals surface area contributed by atoms with Gasteiger partial charge in [0.2, 0.25) is 0 Å². The Kier molecular flexibility index (Phi) is 6.91. The fourth-order valence-corrected chi connectivity index (χ4v) is 2.75. The fourth-order valence-electron chi connectivity index (χ4n) is 2.75. The number of guanidine groups is 1. The van der Waals surface area contributed by atoms with E-state index < -0.39 is 0 Å². The maximum Gasteiger partial charge on any atom is 0.409 e. The summed E-state index contributed by atoms with van der Waals surface area (Å²) in [6.45, 7) is 4.13. The number of hydrogen-bond donors (Lipinski definition) is 2. The minimum absolute atomic E-state index is 0.233. The smallest absolute Gasteiger partial charge is 0.409 e. The van der Waals surface area contributed by atoms with Gasteiger partial charge in [-0.2, -0.15) is 0 Å². The minimum Gasteiger partial charge on any atom is -0.450 e. The van der Waals surface area contributed by atoms with Crippen molar-refractivity contribution in [3.63, 3.8) is 0 Å². The van der Waals surface area contributed by atoms with E-state index in [2.05, 4.69) is 39.5 Å². The predicted molar refractivity (Wildman–Crippen MR) is 101 cm³/mol. The first-order valence-electron chi connectivity index (χ1n) is 8.74. The number of anilines is 1. The summed E-state index contributed by atoms with van der Waals surface area (Å²) in [5.74, 6) is 0.450. The molecule has 1 amide bonds. The van der Waals surface area contributed by atoms with Gasteiger partial charge in [-0.15, -0.1) is 0 Å². The molecule has 0 radical (unpaired) electrons. The van der Waals surface area contributed by atoms with Crippen molar-refractivity contribution in [1.29, 1.82) is 0 Å². The van der Waals surface area contributed by atoms with Crippen LogP contribution >= 0.6 is 0 Å². The number of rotatable bonds is 5. The molecule has 0 aromatic heterocycles. The number of hydrogen-bond acceptors (Lipinski definition) is 4. The number of benzene rings is 1. The SMILES string of the molecule is CCOC(=O)N1CCC(NC(N)=NCc2ccc(N(C)C)cc2)CC1. The number of nitrogens with two attached hydrogens (primary N) is 1. The van der Waals surface area contributed by atoms with E-state index in [1.54, 1.807) is 4.90 Å². The highest BCUT2D eigenvalue weighted by molar-refractivity contribution is 5.78. The number of aliphatic imine (C=N–C) groups is 1. The molecule has 0 atom stereocenters. The standard InChI is InChI=1S/C18H29N5O2/c1-4-25-18(24)23-11-9-15(10-12-23)21-17(19)20-13-14-5-7-16(8-6-14)22(2)3/h5-8,15H,4,9-13H2,1-3H3,(H3,19,20,21). The van der Waals surface area contributed by atoms with Crippen LogP contribution in [0.25, 0.3) is 0 Å². The van der Waals surface area contributed by atoms with E-state index in [1.807, 2.05) is 21.0 Å². The molecule has 0 saturated carbocycles. The number of likely N-dealkylation sites (tertiary alicyclic amines) is 1. The summed E-state index contributed by atoms with van der Waals surface area (Å²) in [5, 5.41) is 3.25. The summed E-state index contributed by atoms with van der Waals surface area (Å²) in [7, 11) is 4.03. The third kappa shape index (κ3) is 5.85. The van der Waals surface area contributed by atoms with Gasteiger partial charge in [0, 0.05) is 38.9 Å². The zero-order valence-electron chi connectivity index (χ0n) is 15.4. The molecule has 1 saturated heterocycles. The van der Waals surface area contributed by atoms with Crippen LogP contribution in [0.15, 0.2) is 29.3 Å². The second-order valence-corrected chi connectivity index (χ2v) is 6.37. The summed E-state index contributed by atoms with van der Waals surface area (Å²) >= 11 is 0. The van der Waals surface area contributed by atoms with Crippen LogP contribution < -0.4 is 16.0 Å². The van der Waals surface area contributed by atoms with E-state index in [1.165, 1.54) is 0 Å². The summed E-state index contributed by atoms with van der Waals surface area (Å²) in [4.78, 5) is 19.9. The topological polar surface area (TPSA) is 83.2 Å². The molecule has 0 unspecified atom stereocenters. The summed E-state index contributed by atoms with van der Waals surface area (Å²) in [6, 6.07) is 8.50. The highest BCUT2D eigenvalue weighted by Gasteiger charge is 2.23.